The highest BCUT2D eigenvalue weighted by Gasteiger charge is 2.24. The minimum Gasteiger partial charge on any atom is -0.329 e. The van der Waals surface area contributed by atoms with Gasteiger partial charge in [0.25, 0.3) is 0 Å². The van der Waals surface area contributed by atoms with Crippen LogP contribution in [0.1, 0.15) is 19.8 Å². The van der Waals surface area contributed by atoms with E-state index in [-0.39, 0.29) is 0 Å². The Morgan fingerprint density at radius 3 is 2.93 bits per heavy atom. The lowest BCUT2D eigenvalue weighted by atomic mass is 10.1. The summed E-state index contributed by atoms with van der Waals surface area (Å²) in [5.74, 6) is 5.10. The molecule has 90 valence electrons. The quantitative estimate of drug-likeness (QED) is 0.697. The molecular weight excluding hydrogens is 224 g/mol. The molecule has 1 aliphatic rings. The fraction of sp³-hybridized carbons (Fsp3) is 1.00. The van der Waals surface area contributed by atoms with E-state index in [0.717, 1.165) is 12.6 Å². The number of rotatable bonds is 7. The molecule has 1 fully saturated rings. The fourth-order valence-electron chi connectivity index (χ4n) is 1.99. The molecule has 15 heavy (non-hydrogen) atoms. The number of nitrogens with zero attached hydrogens (tertiary/aromatic N) is 1. The topological polar surface area (TPSA) is 29.3 Å². The van der Waals surface area contributed by atoms with Gasteiger partial charge in [0, 0.05) is 24.4 Å². The van der Waals surface area contributed by atoms with Crippen molar-refractivity contribution < 1.29 is 0 Å². The van der Waals surface area contributed by atoms with E-state index < -0.39 is 0 Å². The van der Waals surface area contributed by atoms with Crippen LogP contribution in [0.3, 0.4) is 0 Å². The van der Waals surface area contributed by atoms with Gasteiger partial charge in [-0.15, -0.1) is 0 Å². The van der Waals surface area contributed by atoms with Gasteiger partial charge in [0.05, 0.1) is 0 Å². The van der Waals surface area contributed by atoms with Gasteiger partial charge in [-0.3, -0.25) is 4.90 Å². The molecule has 2 N–H and O–H groups in total. The Bertz CT molecular complexity index is 161. The van der Waals surface area contributed by atoms with Crippen molar-refractivity contribution in [1.29, 1.82) is 0 Å². The van der Waals surface area contributed by atoms with Crippen LogP contribution in [0.2, 0.25) is 0 Å². The Labute approximate surface area is 103 Å². The zero-order valence-electron chi connectivity index (χ0n) is 9.95. The van der Waals surface area contributed by atoms with Crippen LogP contribution in [-0.2, 0) is 0 Å². The van der Waals surface area contributed by atoms with E-state index in [1.54, 1.807) is 0 Å². The Hall–Kier alpha value is 0.620. The smallest absolute Gasteiger partial charge is 0.0226 e. The number of nitrogens with two attached hydrogens (primary N) is 1. The molecule has 0 aromatic heterocycles. The number of thioether (sulfide) groups is 2. The van der Waals surface area contributed by atoms with Crippen molar-refractivity contribution in [2.45, 2.75) is 31.8 Å². The summed E-state index contributed by atoms with van der Waals surface area (Å²) in [4.78, 5) is 2.52. The van der Waals surface area contributed by atoms with E-state index in [0.29, 0.717) is 6.04 Å². The molecule has 1 rings (SSSR count). The molecule has 2 nitrogen and oxygen atoms in total. The van der Waals surface area contributed by atoms with Crippen LogP contribution in [0, 0.1) is 0 Å². The lowest BCUT2D eigenvalue weighted by Crippen LogP contribution is -2.44. The first kappa shape index (κ1) is 13.7. The summed E-state index contributed by atoms with van der Waals surface area (Å²) in [6.07, 6.45) is 2.59. The van der Waals surface area contributed by atoms with Gasteiger partial charge >= 0.3 is 0 Å². The third-order valence-electron chi connectivity index (χ3n) is 3.13. The molecule has 4 heteroatoms. The lowest BCUT2D eigenvalue weighted by Gasteiger charge is -2.31. The molecule has 1 heterocycles. The first-order valence-corrected chi connectivity index (χ1v) is 8.18. The van der Waals surface area contributed by atoms with Crippen molar-refractivity contribution in [2.75, 3.05) is 36.6 Å². The van der Waals surface area contributed by atoms with Crippen LogP contribution in [0.15, 0.2) is 0 Å². The summed E-state index contributed by atoms with van der Waals surface area (Å²) in [6.45, 7) is 3.03. The molecule has 0 aromatic rings. The highest BCUT2D eigenvalue weighted by Crippen LogP contribution is 2.23. The lowest BCUT2D eigenvalue weighted by molar-refractivity contribution is 0.188. The molecule has 0 radical (unpaired) electrons. The highest BCUT2D eigenvalue weighted by atomic mass is 32.2. The standard InChI is InChI=1S/C11H24N2S2/c1-3-14-6-4-10(8-12)13(2)11-5-7-15-9-11/h10-11H,3-9,12H2,1-2H3. The van der Waals surface area contributed by atoms with Crippen LogP contribution in [0.25, 0.3) is 0 Å². The minimum absolute atomic E-state index is 0.591. The fourth-order valence-corrected chi connectivity index (χ4v) is 4.00. The van der Waals surface area contributed by atoms with Crippen molar-refractivity contribution in [2.24, 2.45) is 5.73 Å². The SMILES string of the molecule is CCSCCC(CN)N(C)C1CCSC1. The summed E-state index contributed by atoms with van der Waals surface area (Å²) in [5.41, 5.74) is 5.87. The first-order chi connectivity index (χ1) is 7.29. The second-order valence-corrected chi connectivity index (χ2v) is 6.60. The van der Waals surface area contributed by atoms with Crippen molar-refractivity contribution in [3.63, 3.8) is 0 Å². The van der Waals surface area contributed by atoms with Crippen molar-refractivity contribution in [3.05, 3.63) is 0 Å². The van der Waals surface area contributed by atoms with Crippen LogP contribution < -0.4 is 5.73 Å². The third-order valence-corrected chi connectivity index (χ3v) is 5.21. The molecule has 0 spiro atoms. The molecule has 0 bridgehead atoms. The first-order valence-electron chi connectivity index (χ1n) is 5.87. The van der Waals surface area contributed by atoms with Crippen LogP contribution in [-0.4, -0.2) is 53.6 Å². The van der Waals surface area contributed by atoms with Gasteiger partial charge < -0.3 is 5.73 Å². The average molecular weight is 248 g/mol. The Morgan fingerprint density at radius 1 is 1.60 bits per heavy atom. The maximum absolute atomic E-state index is 5.87. The number of hydrogen-bond donors (Lipinski definition) is 1. The molecule has 2 unspecified atom stereocenters. The molecule has 0 aromatic carbocycles. The second-order valence-electron chi connectivity index (χ2n) is 4.06. The monoisotopic (exact) mass is 248 g/mol. The van der Waals surface area contributed by atoms with Gasteiger partial charge in [-0.2, -0.15) is 23.5 Å². The van der Waals surface area contributed by atoms with Gasteiger partial charge in [0.15, 0.2) is 0 Å². The Balaban J connectivity index is 2.28. The summed E-state index contributed by atoms with van der Waals surface area (Å²) in [7, 11) is 2.25. The molecule has 0 amide bonds. The predicted octanol–water partition coefficient (Wildman–Crippen LogP) is 1.89. The van der Waals surface area contributed by atoms with Gasteiger partial charge in [-0.05, 0) is 37.1 Å². The largest absolute Gasteiger partial charge is 0.329 e. The van der Waals surface area contributed by atoms with Crippen LogP contribution in [0.5, 0.6) is 0 Å². The van der Waals surface area contributed by atoms with E-state index in [9.17, 15) is 0 Å². The van der Waals surface area contributed by atoms with Gasteiger partial charge in [-0.1, -0.05) is 6.92 Å². The van der Waals surface area contributed by atoms with Gasteiger partial charge in [0.2, 0.25) is 0 Å². The predicted molar refractivity (Wildman–Crippen MR) is 74.0 cm³/mol. The van der Waals surface area contributed by atoms with Crippen LogP contribution in [0.4, 0.5) is 0 Å². The Morgan fingerprint density at radius 2 is 2.40 bits per heavy atom. The highest BCUT2D eigenvalue weighted by molar-refractivity contribution is 7.99. The van der Waals surface area contributed by atoms with Crippen molar-refractivity contribution in [1.82, 2.24) is 4.90 Å². The average Bonchev–Trinajstić information content (AvgIpc) is 2.77. The zero-order chi connectivity index (χ0) is 11.1. The van der Waals surface area contributed by atoms with Crippen LogP contribution >= 0.6 is 23.5 Å². The summed E-state index contributed by atoms with van der Waals surface area (Å²) >= 11 is 4.10. The van der Waals surface area contributed by atoms with Gasteiger partial charge in [-0.25, -0.2) is 0 Å². The molecule has 1 saturated heterocycles. The maximum atomic E-state index is 5.87. The molecular formula is C11H24N2S2. The number of likely N-dealkylation sites (N-methyl/N-ethyl adjacent to an activating group) is 1. The molecule has 0 aliphatic carbocycles. The van der Waals surface area contributed by atoms with E-state index in [1.165, 1.54) is 35.9 Å². The summed E-state index contributed by atoms with van der Waals surface area (Å²) < 4.78 is 0. The second kappa shape index (κ2) is 7.82. The van der Waals surface area contributed by atoms with Gasteiger partial charge in [0.1, 0.15) is 0 Å². The van der Waals surface area contributed by atoms with E-state index in [4.69, 9.17) is 5.73 Å². The van der Waals surface area contributed by atoms with Crippen molar-refractivity contribution in [3.8, 4) is 0 Å². The summed E-state index contributed by atoms with van der Waals surface area (Å²) in [5, 5.41) is 0. The van der Waals surface area contributed by atoms with E-state index in [2.05, 4.69) is 30.6 Å². The maximum Gasteiger partial charge on any atom is 0.0226 e. The normalized spacial score (nSPS) is 23.6. The molecule has 0 saturated carbocycles. The van der Waals surface area contributed by atoms with E-state index >= 15 is 0 Å². The Kier molecular flexibility index (Phi) is 7.14. The summed E-state index contributed by atoms with van der Waals surface area (Å²) in [6, 6.07) is 1.36. The molecule has 1 aliphatic heterocycles. The van der Waals surface area contributed by atoms with Crippen molar-refractivity contribution >= 4 is 23.5 Å². The number of hydrogen-bond acceptors (Lipinski definition) is 4. The third kappa shape index (κ3) is 4.55. The minimum atomic E-state index is 0.591. The van der Waals surface area contributed by atoms with E-state index in [1.807, 2.05) is 11.8 Å². The molecule has 2 atom stereocenters. The zero-order valence-corrected chi connectivity index (χ0v) is 11.6.